The summed E-state index contributed by atoms with van der Waals surface area (Å²) in [5, 5.41) is 2.75. The van der Waals surface area contributed by atoms with E-state index in [1.54, 1.807) is 7.11 Å². The van der Waals surface area contributed by atoms with Crippen LogP contribution < -0.4 is 5.32 Å². The second kappa shape index (κ2) is 4.37. The highest BCUT2D eigenvalue weighted by Gasteiger charge is 2.24. The van der Waals surface area contributed by atoms with Gasteiger partial charge >= 0.3 is 0 Å². The molecule has 0 aliphatic carbocycles. The first-order valence-corrected chi connectivity index (χ1v) is 4.57. The van der Waals surface area contributed by atoms with Crippen molar-refractivity contribution in [1.82, 2.24) is 5.32 Å². The number of methoxy groups -OCH3 is 1. The minimum atomic E-state index is -0.181. The van der Waals surface area contributed by atoms with Crippen LogP contribution in [-0.2, 0) is 9.53 Å². The summed E-state index contributed by atoms with van der Waals surface area (Å²) >= 11 is 0. The Hall–Kier alpha value is -0.900. The van der Waals surface area contributed by atoms with Gasteiger partial charge in [0.2, 0.25) is 5.91 Å². The Morgan fingerprint density at radius 2 is 2.38 bits per heavy atom. The number of aliphatic imine (C=N–C) groups is 1. The van der Waals surface area contributed by atoms with Crippen LogP contribution in [0.4, 0.5) is 0 Å². The van der Waals surface area contributed by atoms with E-state index < -0.39 is 0 Å². The Labute approximate surface area is 78.4 Å². The molecule has 0 bridgehead atoms. The zero-order chi connectivity index (χ0) is 9.84. The van der Waals surface area contributed by atoms with Crippen LogP contribution in [0.5, 0.6) is 0 Å². The first-order valence-electron chi connectivity index (χ1n) is 4.57. The average molecular weight is 184 g/mol. The molecule has 0 saturated carbocycles. The summed E-state index contributed by atoms with van der Waals surface area (Å²) in [5.41, 5.74) is 0. The molecule has 74 valence electrons. The van der Waals surface area contributed by atoms with E-state index in [1.807, 2.05) is 13.8 Å². The van der Waals surface area contributed by atoms with E-state index in [9.17, 15) is 4.79 Å². The molecule has 1 aliphatic heterocycles. The molecule has 1 rings (SSSR count). The van der Waals surface area contributed by atoms with Gasteiger partial charge in [-0.1, -0.05) is 6.92 Å². The predicted octanol–water partition coefficient (Wildman–Crippen LogP) is 0.718. The third-order valence-electron chi connectivity index (χ3n) is 2.15. The zero-order valence-electron chi connectivity index (χ0n) is 8.33. The van der Waals surface area contributed by atoms with Crippen LogP contribution in [0.25, 0.3) is 0 Å². The molecule has 1 aliphatic rings. The third-order valence-corrected chi connectivity index (χ3v) is 2.15. The quantitative estimate of drug-likeness (QED) is 0.699. The van der Waals surface area contributed by atoms with Crippen molar-refractivity contribution in [3.63, 3.8) is 0 Å². The summed E-state index contributed by atoms with van der Waals surface area (Å²) < 4.78 is 5.08. The summed E-state index contributed by atoms with van der Waals surface area (Å²) in [4.78, 5) is 15.5. The molecule has 2 unspecified atom stereocenters. The molecule has 0 aromatic heterocycles. The highest BCUT2D eigenvalue weighted by Crippen LogP contribution is 2.08. The third kappa shape index (κ3) is 2.52. The normalized spacial score (nSPS) is 24.1. The molecule has 0 aromatic carbocycles. The molecule has 4 nitrogen and oxygen atoms in total. The van der Waals surface area contributed by atoms with Gasteiger partial charge in [0, 0.05) is 13.5 Å². The maximum absolute atomic E-state index is 11.2. The largest absolute Gasteiger partial charge is 0.381 e. The van der Waals surface area contributed by atoms with Crippen molar-refractivity contribution < 1.29 is 9.53 Å². The lowest BCUT2D eigenvalue weighted by atomic mass is 10.2. The summed E-state index contributed by atoms with van der Waals surface area (Å²) in [6.45, 7) is 3.91. The van der Waals surface area contributed by atoms with Crippen molar-refractivity contribution >= 4 is 11.7 Å². The summed E-state index contributed by atoms with van der Waals surface area (Å²) in [6, 6.07) is -0.181. The van der Waals surface area contributed by atoms with Gasteiger partial charge in [0.1, 0.15) is 11.9 Å². The highest BCUT2D eigenvalue weighted by molar-refractivity contribution is 6.05. The smallest absolute Gasteiger partial charge is 0.250 e. The Morgan fingerprint density at radius 3 is 2.85 bits per heavy atom. The van der Waals surface area contributed by atoms with Gasteiger partial charge in [0.05, 0.1) is 6.10 Å². The molecule has 1 amide bonds. The van der Waals surface area contributed by atoms with Crippen LogP contribution in [0.1, 0.15) is 26.7 Å². The lowest BCUT2D eigenvalue weighted by Crippen LogP contribution is -2.30. The van der Waals surface area contributed by atoms with Crippen molar-refractivity contribution in [2.24, 2.45) is 4.99 Å². The topological polar surface area (TPSA) is 50.7 Å². The van der Waals surface area contributed by atoms with Gasteiger partial charge in [0.25, 0.3) is 0 Å². The number of hydrogen-bond donors (Lipinski definition) is 1. The van der Waals surface area contributed by atoms with Crippen molar-refractivity contribution in [2.45, 2.75) is 38.8 Å². The molecule has 1 N–H and O–H groups in total. The van der Waals surface area contributed by atoms with E-state index in [4.69, 9.17) is 4.74 Å². The number of nitrogens with one attached hydrogen (secondary N) is 1. The maximum atomic E-state index is 11.2. The first kappa shape index (κ1) is 10.2. The van der Waals surface area contributed by atoms with Gasteiger partial charge in [-0.15, -0.1) is 0 Å². The molecular formula is C9H16N2O2. The number of carbonyl (C=O) groups excluding carboxylic acids is 1. The summed E-state index contributed by atoms with van der Waals surface area (Å²) in [5.74, 6) is 0.770. The van der Waals surface area contributed by atoms with E-state index in [0.29, 0.717) is 6.42 Å². The van der Waals surface area contributed by atoms with Gasteiger partial charge in [0.15, 0.2) is 0 Å². The molecule has 4 heteroatoms. The Balaban J connectivity index is 2.49. The number of ether oxygens (including phenoxy) is 1. The SMILES string of the molecule is CCC1N=C(CC(C)OC)NC1=O. The van der Waals surface area contributed by atoms with Crippen LogP contribution in [0.2, 0.25) is 0 Å². The van der Waals surface area contributed by atoms with Crippen LogP contribution in [0.3, 0.4) is 0 Å². The summed E-state index contributed by atoms with van der Waals surface area (Å²) in [6.07, 6.45) is 1.55. The predicted molar refractivity (Wildman–Crippen MR) is 50.7 cm³/mol. The zero-order valence-corrected chi connectivity index (χ0v) is 8.33. The van der Waals surface area contributed by atoms with E-state index in [1.165, 1.54) is 0 Å². The second-order valence-electron chi connectivity index (χ2n) is 3.24. The van der Waals surface area contributed by atoms with Gasteiger partial charge in [-0.25, -0.2) is 0 Å². The second-order valence-corrected chi connectivity index (χ2v) is 3.24. The monoisotopic (exact) mass is 184 g/mol. The van der Waals surface area contributed by atoms with Crippen LogP contribution in [0.15, 0.2) is 4.99 Å². The van der Waals surface area contributed by atoms with Crippen LogP contribution in [-0.4, -0.2) is 31.0 Å². The molecular weight excluding hydrogens is 168 g/mol. The standard InChI is InChI=1S/C9H16N2O2/c1-4-7-9(12)11-8(10-7)5-6(2)13-3/h6-7H,4-5H2,1-3H3,(H,10,11,12). The number of hydrogen-bond acceptors (Lipinski definition) is 3. The molecule has 0 aromatic rings. The highest BCUT2D eigenvalue weighted by atomic mass is 16.5. The molecule has 13 heavy (non-hydrogen) atoms. The van der Waals surface area contributed by atoms with Crippen molar-refractivity contribution in [3.8, 4) is 0 Å². The van der Waals surface area contributed by atoms with Gasteiger partial charge in [-0.05, 0) is 13.3 Å². The van der Waals surface area contributed by atoms with Gasteiger partial charge in [-0.3, -0.25) is 9.79 Å². The van der Waals surface area contributed by atoms with Crippen molar-refractivity contribution in [2.75, 3.05) is 7.11 Å². The fraction of sp³-hybridized carbons (Fsp3) is 0.778. The number of rotatable bonds is 4. The number of nitrogens with zero attached hydrogens (tertiary/aromatic N) is 1. The first-order chi connectivity index (χ1) is 6.17. The lowest BCUT2D eigenvalue weighted by molar-refractivity contribution is -0.120. The van der Waals surface area contributed by atoms with E-state index in [0.717, 1.165) is 12.3 Å². The fourth-order valence-corrected chi connectivity index (χ4v) is 1.24. The minimum Gasteiger partial charge on any atom is -0.381 e. The average Bonchev–Trinajstić information content (AvgIpc) is 2.46. The minimum absolute atomic E-state index is 0.0146. The number of amides is 1. The van der Waals surface area contributed by atoms with Crippen molar-refractivity contribution in [1.29, 1.82) is 0 Å². The molecule has 0 fully saturated rings. The Kier molecular flexibility index (Phi) is 3.42. The fourth-order valence-electron chi connectivity index (χ4n) is 1.24. The number of carbonyl (C=O) groups is 1. The van der Waals surface area contributed by atoms with Crippen LogP contribution >= 0.6 is 0 Å². The summed E-state index contributed by atoms with van der Waals surface area (Å²) in [7, 11) is 1.65. The Morgan fingerprint density at radius 1 is 1.69 bits per heavy atom. The van der Waals surface area contributed by atoms with E-state index in [-0.39, 0.29) is 18.1 Å². The van der Waals surface area contributed by atoms with E-state index in [2.05, 4.69) is 10.3 Å². The molecule has 0 saturated heterocycles. The van der Waals surface area contributed by atoms with Gasteiger partial charge < -0.3 is 10.1 Å². The molecule has 1 heterocycles. The number of amidine groups is 1. The molecule has 0 radical (unpaired) electrons. The van der Waals surface area contributed by atoms with E-state index >= 15 is 0 Å². The van der Waals surface area contributed by atoms with Gasteiger partial charge in [-0.2, -0.15) is 0 Å². The lowest BCUT2D eigenvalue weighted by Gasteiger charge is -2.07. The molecule has 0 spiro atoms. The maximum Gasteiger partial charge on any atom is 0.250 e. The molecule has 2 atom stereocenters. The van der Waals surface area contributed by atoms with Crippen molar-refractivity contribution in [3.05, 3.63) is 0 Å². The Bertz CT molecular complexity index is 226. The van der Waals surface area contributed by atoms with Crippen LogP contribution in [0, 0.1) is 0 Å².